The molecule has 0 spiro atoms. The van der Waals surface area contributed by atoms with E-state index < -0.39 is 0 Å². The molecule has 17 heavy (non-hydrogen) atoms. The van der Waals surface area contributed by atoms with Crippen LogP contribution in [0.1, 0.15) is 38.1 Å². The summed E-state index contributed by atoms with van der Waals surface area (Å²) in [5.74, 6) is 1.34. The van der Waals surface area contributed by atoms with E-state index in [0.717, 1.165) is 11.4 Å². The van der Waals surface area contributed by atoms with Gasteiger partial charge in [0.15, 0.2) is 0 Å². The molecule has 0 radical (unpaired) electrons. The van der Waals surface area contributed by atoms with E-state index in [1.165, 1.54) is 6.33 Å². The molecular formula is C12H19N5. The van der Waals surface area contributed by atoms with Gasteiger partial charge in [-0.25, -0.2) is 9.50 Å². The van der Waals surface area contributed by atoms with E-state index in [1.807, 2.05) is 13.8 Å². The molecule has 0 saturated carbocycles. The molecule has 0 aromatic carbocycles. The molecule has 2 aromatic rings. The highest BCUT2D eigenvalue weighted by Gasteiger charge is 2.23. The van der Waals surface area contributed by atoms with Gasteiger partial charge in [-0.2, -0.15) is 10.1 Å². The second-order valence-corrected chi connectivity index (χ2v) is 4.92. The highest BCUT2D eigenvalue weighted by atomic mass is 15.3. The quantitative estimate of drug-likeness (QED) is 0.872. The van der Waals surface area contributed by atoms with Gasteiger partial charge in [0.25, 0.3) is 5.78 Å². The van der Waals surface area contributed by atoms with Crippen molar-refractivity contribution in [2.45, 2.75) is 39.7 Å². The molecule has 0 saturated heterocycles. The van der Waals surface area contributed by atoms with Gasteiger partial charge in [-0.3, -0.25) is 0 Å². The van der Waals surface area contributed by atoms with E-state index in [-0.39, 0.29) is 12.0 Å². The Balaban J connectivity index is 2.63. The summed E-state index contributed by atoms with van der Waals surface area (Å²) in [4.78, 5) is 8.49. The summed E-state index contributed by atoms with van der Waals surface area (Å²) in [5, 5.41) is 4.23. The van der Waals surface area contributed by atoms with E-state index in [9.17, 15) is 0 Å². The van der Waals surface area contributed by atoms with Gasteiger partial charge in [0.1, 0.15) is 6.33 Å². The zero-order chi connectivity index (χ0) is 12.6. The minimum absolute atomic E-state index is 0.0733. The van der Waals surface area contributed by atoms with Crippen LogP contribution in [-0.2, 0) is 0 Å². The zero-order valence-corrected chi connectivity index (χ0v) is 10.8. The first-order valence-electron chi connectivity index (χ1n) is 5.93. The third kappa shape index (κ3) is 2.15. The monoisotopic (exact) mass is 233 g/mol. The van der Waals surface area contributed by atoms with Crippen LogP contribution < -0.4 is 5.73 Å². The van der Waals surface area contributed by atoms with Crippen LogP contribution in [0.5, 0.6) is 0 Å². The lowest BCUT2D eigenvalue weighted by atomic mass is 9.86. The Morgan fingerprint density at radius 1 is 1.29 bits per heavy atom. The number of nitrogens with two attached hydrogens (primary N) is 1. The molecule has 2 unspecified atom stereocenters. The van der Waals surface area contributed by atoms with Crippen molar-refractivity contribution in [1.82, 2.24) is 19.6 Å². The minimum atomic E-state index is 0.0733. The van der Waals surface area contributed by atoms with Crippen LogP contribution in [0.3, 0.4) is 0 Å². The standard InChI is InChI=1S/C12H19N5/c1-7(2)11(9(4)13)10-5-8(3)16-12-14-6-15-17(10)12/h5-7,9,11H,13H2,1-4H3. The van der Waals surface area contributed by atoms with Crippen molar-refractivity contribution in [2.24, 2.45) is 11.7 Å². The summed E-state index contributed by atoms with van der Waals surface area (Å²) >= 11 is 0. The van der Waals surface area contributed by atoms with Crippen LogP contribution in [0.4, 0.5) is 0 Å². The Morgan fingerprint density at radius 2 is 2.00 bits per heavy atom. The summed E-state index contributed by atoms with van der Waals surface area (Å²) in [6.07, 6.45) is 1.53. The Morgan fingerprint density at radius 3 is 2.59 bits per heavy atom. The smallest absolute Gasteiger partial charge is 0.252 e. The maximum Gasteiger partial charge on any atom is 0.252 e. The summed E-state index contributed by atoms with van der Waals surface area (Å²) in [7, 11) is 0. The molecule has 0 bridgehead atoms. The fraction of sp³-hybridized carbons (Fsp3) is 0.583. The summed E-state index contributed by atoms with van der Waals surface area (Å²) in [6.45, 7) is 8.35. The van der Waals surface area contributed by atoms with Crippen LogP contribution in [0.15, 0.2) is 12.4 Å². The number of rotatable bonds is 3. The van der Waals surface area contributed by atoms with Gasteiger partial charge in [-0.15, -0.1) is 0 Å². The summed E-state index contributed by atoms with van der Waals surface area (Å²) in [5.41, 5.74) is 8.14. The second-order valence-electron chi connectivity index (χ2n) is 4.92. The lowest BCUT2D eigenvalue weighted by Crippen LogP contribution is -2.30. The molecule has 5 nitrogen and oxygen atoms in total. The molecule has 2 atom stereocenters. The van der Waals surface area contributed by atoms with Crippen molar-refractivity contribution in [3.63, 3.8) is 0 Å². The van der Waals surface area contributed by atoms with Gasteiger partial charge in [0.2, 0.25) is 0 Å². The average molecular weight is 233 g/mol. The molecule has 0 aliphatic rings. The lowest BCUT2D eigenvalue weighted by Gasteiger charge is -2.25. The Bertz CT molecular complexity index is 507. The fourth-order valence-corrected chi connectivity index (χ4v) is 2.41. The van der Waals surface area contributed by atoms with Gasteiger partial charge >= 0.3 is 0 Å². The lowest BCUT2D eigenvalue weighted by molar-refractivity contribution is 0.419. The zero-order valence-electron chi connectivity index (χ0n) is 10.8. The number of aromatic nitrogens is 4. The van der Waals surface area contributed by atoms with Gasteiger partial charge in [-0.05, 0) is 25.8 Å². The highest BCUT2D eigenvalue weighted by molar-refractivity contribution is 5.32. The van der Waals surface area contributed by atoms with Crippen LogP contribution >= 0.6 is 0 Å². The number of nitrogens with zero attached hydrogens (tertiary/aromatic N) is 4. The number of aryl methyl sites for hydroxylation is 1. The number of hydrogen-bond donors (Lipinski definition) is 1. The first-order valence-corrected chi connectivity index (χ1v) is 5.93. The maximum atomic E-state index is 6.10. The van der Waals surface area contributed by atoms with Gasteiger partial charge in [0.05, 0.1) is 5.69 Å². The molecule has 0 amide bonds. The van der Waals surface area contributed by atoms with Crippen molar-refractivity contribution >= 4 is 5.78 Å². The molecule has 2 aromatic heterocycles. The molecule has 5 heteroatoms. The molecule has 2 rings (SSSR count). The van der Waals surface area contributed by atoms with Crippen molar-refractivity contribution in [1.29, 1.82) is 0 Å². The molecule has 2 heterocycles. The SMILES string of the molecule is Cc1cc(C(C(C)C)C(C)N)n2ncnc2n1. The van der Waals surface area contributed by atoms with E-state index >= 15 is 0 Å². The van der Waals surface area contributed by atoms with Crippen molar-refractivity contribution in [2.75, 3.05) is 0 Å². The number of fused-ring (bicyclic) bond motifs is 1. The van der Waals surface area contributed by atoms with Crippen LogP contribution in [-0.4, -0.2) is 25.6 Å². The van der Waals surface area contributed by atoms with Gasteiger partial charge in [-0.1, -0.05) is 13.8 Å². The Labute approximate surface area is 101 Å². The first-order chi connectivity index (χ1) is 8.00. The molecule has 0 aliphatic carbocycles. The normalized spacial score (nSPS) is 15.4. The number of hydrogen-bond acceptors (Lipinski definition) is 4. The third-order valence-electron chi connectivity index (χ3n) is 3.03. The van der Waals surface area contributed by atoms with Gasteiger partial charge in [0, 0.05) is 17.7 Å². The predicted molar refractivity (Wildman–Crippen MR) is 66.7 cm³/mol. The van der Waals surface area contributed by atoms with Crippen LogP contribution in [0, 0.1) is 12.8 Å². The van der Waals surface area contributed by atoms with E-state index in [4.69, 9.17) is 5.73 Å². The van der Waals surface area contributed by atoms with Crippen LogP contribution in [0.25, 0.3) is 5.78 Å². The largest absolute Gasteiger partial charge is 0.327 e. The van der Waals surface area contributed by atoms with Crippen molar-refractivity contribution < 1.29 is 0 Å². The van der Waals surface area contributed by atoms with Crippen molar-refractivity contribution in [3.8, 4) is 0 Å². The van der Waals surface area contributed by atoms with E-state index in [2.05, 4.69) is 35.0 Å². The molecule has 92 valence electrons. The maximum absolute atomic E-state index is 6.10. The highest BCUT2D eigenvalue weighted by Crippen LogP contribution is 2.27. The molecule has 0 fully saturated rings. The Hall–Kier alpha value is -1.49. The Kier molecular flexibility index (Phi) is 3.11. The molecule has 2 N–H and O–H groups in total. The first kappa shape index (κ1) is 12.0. The second kappa shape index (κ2) is 4.41. The topological polar surface area (TPSA) is 69.1 Å². The molecule has 0 aliphatic heterocycles. The average Bonchev–Trinajstić information content (AvgIpc) is 2.63. The van der Waals surface area contributed by atoms with Crippen molar-refractivity contribution in [3.05, 3.63) is 23.8 Å². The molecular weight excluding hydrogens is 214 g/mol. The third-order valence-corrected chi connectivity index (χ3v) is 3.03. The van der Waals surface area contributed by atoms with Gasteiger partial charge < -0.3 is 5.73 Å². The minimum Gasteiger partial charge on any atom is -0.327 e. The van der Waals surface area contributed by atoms with Crippen LogP contribution in [0.2, 0.25) is 0 Å². The fourth-order valence-electron chi connectivity index (χ4n) is 2.41. The van der Waals surface area contributed by atoms with E-state index in [0.29, 0.717) is 11.7 Å². The summed E-state index contributed by atoms with van der Waals surface area (Å²) < 4.78 is 1.79. The predicted octanol–water partition coefficient (Wildman–Crippen LogP) is 1.52. The van der Waals surface area contributed by atoms with E-state index in [1.54, 1.807) is 4.52 Å². The summed E-state index contributed by atoms with van der Waals surface area (Å²) in [6, 6.07) is 2.12.